The molecule has 1 heterocycles. The van der Waals surface area contributed by atoms with Crippen LogP contribution in [0.25, 0.3) is 0 Å². The molecule has 1 aliphatic heterocycles. The van der Waals surface area contributed by atoms with E-state index in [1.807, 2.05) is 24.3 Å². The second-order valence-electron chi connectivity index (χ2n) is 6.22. The quantitative estimate of drug-likeness (QED) is 0.855. The number of carbonyl (C=O) groups is 2. The molecule has 0 spiro atoms. The van der Waals surface area contributed by atoms with Crippen LogP contribution in [-0.4, -0.2) is 45.7 Å². The van der Waals surface area contributed by atoms with E-state index in [-0.39, 0.29) is 31.8 Å². The van der Waals surface area contributed by atoms with Gasteiger partial charge in [-0.25, -0.2) is 4.79 Å². The molecule has 1 aliphatic carbocycles. The van der Waals surface area contributed by atoms with E-state index in [1.54, 1.807) is 4.90 Å². The van der Waals surface area contributed by atoms with Gasteiger partial charge in [0.25, 0.3) is 0 Å². The molecule has 2 aliphatic rings. The van der Waals surface area contributed by atoms with Crippen molar-refractivity contribution < 1.29 is 19.8 Å². The van der Waals surface area contributed by atoms with Gasteiger partial charge in [-0.15, -0.1) is 0 Å². The first kappa shape index (κ1) is 15.5. The highest BCUT2D eigenvalue weighted by molar-refractivity contribution is 9.10. The molecule has 0 atom stereocenters. The average molecular weight is 368 g/mol. The minimum atomic E-state index is -1.69. The molecule has 1 aromatic rings. The van der Waals surface area contributed by atoms with E-state index in [2.05, 4.69) is 15.9 Å². The number of carboxylic acids is 1. The molecular weight excluding hydrogens is 350 g/mol. The van der Waals surface area contributed by atoms with Crippen molar-refractivity contribution in [2.75, 3.05) is 13.1 Å². The average Bonchev–Trinajstić information content (AvgIpc) is 3.29. The lowest BCUT2D eigenvalue weighted by Crippen LogP contribution is -2.52. The number of aliphatic hydroxyl groups is 1. The first-order valence-electron chi connectivity index (χ1n) is 7.39. The number of amides is 1. The van der Waals surface area contributed by atoms with Gasteiger partial charge in [0.15, 0.2) is 5.60 Å². The number of piperidine rings is 1. The Hall–Kier alpha value is -1.40. The lowest BCUT2D eigenvalue weighted by Gasteiger charge is -2.37. The van der Waals surface area contributed by atoms with Gasteiger partial charge in [0, 0.05) is 30.4 Å². The smallest absolute Gasteiger partial charge is 0.335 e. The molecular formula is C16H18BrNO4. The van der Waals surface area contributed by atoms with E-state index in [1.165, 1.54) is 0 Å². The molecule has 118 valence electrons. The molecule has 1 saturated carbocycles. The summed E-state index contributed by atoms with van der Waals surface area (Å²) < 4.78 is 0.947. The normalized spacial score (nSPS) is 22.2. The molecule has 0 aromatic heterocycles. The van der Waals surface area contributed by atoms with Gasteiger partial charge in [-0.3, -0.25) is 4.79 Å². The van der Waals surface area contributed by atoms with Gasteiger partial charge in [0.1, 0.15) is 0 Å². The predicted molar refractivity (Wildman–Crippen MR) is 83.5 cm³/mol. The zero-order valence-electron chi connectivity index (χ0n) is 12.1. The molecule has 0 radical (unpaired) electrons. The third-order valence-electron chi connectivity index (χ3n) is 4.81. The van der Waals surface area contributed by atoms with Crippen LogP contribution < -0.4 is 0 Å². The fourth-order valence-corrected chi connectivity index (χ4v) is 3.53. The first-order valence-corrected chi connectivity index (χ1v) is 8.18. The Kier molecular flexibility index (Phi) is 3.77. The zero-order chi connectivity index (χ0) is 16.0. The van der Waals surface area contributed by atoms with Crippen LogP contribution in [0.1, 0.15) is 31.2 Å². The molecule has 1 amide bonds. The van der Waals surface area contributed by atoms with E-state index < -0.39 is 17.0 Å². The molecule has 3 rings (SSSR count). The van der Waals surface area contributed by atoms with Crippen LogP contribution >= 0.6 is 15.9 Å². The van der Waals surface area contributed by atoms with Crippen LogP contribution in [0.5, 0.6) is 0 Å². The summed E-state index contributed by atoms with van der Waals surface area (Å²) in [5, 5.41) is 19.0. The summed E-state index contributed by atoms with van der Waals surface area (Å²) in [6.45, 7) is 0.578. The van der Waals surface area contributed by atoms with Crippen LogP contribution in [0.3, 0.4) is 0 Å². The zero-order valence-corrected chi connectivity index (χ0v) is 13.7. The van der Waals surface area contributed by atoms with Crippen LogP contribution in [0, 0.1) is 0 Å². The van der Waals surface area contributed by atoms with E-state index in [0.717, 1.165) is 22.9 Å². The van der Waals surface area contributed by atoms with E-state index in [9.17, 15) is 14.7 Å². The second-order valence-corrected chi connectivity index (χ2v) is 7.14. The predicted octanol–water partition coefficient (Wildman–Crippen LogP) is 1.92. The first-order chi connectivity index (χ1) is 10.4. The highest BCUT2D eigenvalue weighted by Crippen LogP contribution is 2.50. The van der Waals surface area contributed by atoms with Crippen molar-refractivity contribution in [1.82, 2.24) is 4.90 Å². The summed E-state index contributed by atoms with van der Waals surface area (Å²) in [7, 11) is 0. The van der Waals surface area contributed by atoms with Gasteiger partial charge in [0.2, 0.25) is 5.91 Å². The lowest BCUT2D eigenvalue weighted by molar-refractivity contribution is -0.165. The Morgan fingerprint density at radius 3 is 2.27 bits per heavy atom. The minimum Gasteiger partial charge on any atom is -0.479 e. The minimum absolute atomic E-state index is 0.0537. The van der Waals surface area contributed by atoms with Crippen molar-refractivity contribution in [3.05, 3.63) is 34.3 Å². The fourth-order valence-electron chi connectivity index (χ4n) is 3.13. The van der Waals surface area contributed by atoms with Crippen LogP contribution in [0.15, 0.2) is 28.7 Å². The molecule has 1 aromatic carbocycles. The number of carboxylic acid groups (broad SMARTS) is 1. The van der Waals surface area contributed by atoms with E-state index >= 15 is 0 Å². The van der Waals surface area contributed by atoms with Gasteiger partial charge in [-0.2, -0.15) is 0 Å². The number of likely N-dealkylation sites (tertiary alicyclic amines) is 1. The van der Waals surface area contributed by atoms with Crippen molar-refractivity contribution in [1.29, 1.82) is 0 Å². The Morgan fingerprint density at radius 2 is 1.77 bits per heavy atom. The third kappa shape index (κ3) is 2.54. The molecule has 6 heteroatoms. The number of hydrogen-bond donors (Lipinski definition) is 2. The van der Waals surface area contributed by atoms with Gasteiger partial charge in [-0.05, 0) is 30.5 Å². The van der Waals surface area contributed by atoms with Crippen molar-refractivity contribution in [2.45, 2.75) is 36.7 Å². The lowest BCUT2D eigenvalue weighted by atomic mass is 9.89. The Labute approximate surface area is 137 Å². The van der Waals surface area contributed by atoms with E-state index in [0.29, 0.717) is 0 Å². The summed E-state index contributed by atoms with van der Waals surface area (Å²) in [5.74, 6) is -1.15. The summed E-state index contributed by atoms with van der Waals surface area (Å²) in [5.41, 5.74) is -1.14. The highest BCUT2D eigenvalue weighted by atomic mass is 79.9. The standard InChI is InChI=1S/C16H18BrNO4/c17-12-3-1-2-11(10-12)15(4-5-15)13(19)18-8-6-16(22,7-9-18)14(20)21/h1-3,10,22H,4-9H2,(H,20,21). The van der Waals surface area contributed by atoms with Crippen molar-refractivity contribution in [3.63, 3.8) is 0 Å². The Balaban J connectivity index is 1.74. The Bertz CT molecular complexity index is 618. The Morgan fingerprint density at radius 1 is 1.14 bits per heavy atom. The number of rotatable bonds is 3. The maximum atomic E-state index is 12.9. The summed E-state index contributed by atoms with van der Waals surface area (Å²) >= 11 is 3.44. The van der Waals surface area contributed by atoms with E-state index in [4.69, 9.17) is 5.11 Å². The number of halogens is 1. The molecule has 0 unspecified atom stereocenters. The summed E-state index contributed by atoms with van der Waals surface area (Å²) in [6.07, 6.45) is 1.81. The molecule has 2 fully saturated rings. The van der Waals surface area contributed by atoms with Gasteiger partial charge in [0.05, 0.1) is 5.41 Å². The van der Waals surface area contributed by atoms with Crippen LogP contribution in [0.4, 0.5) is 0 Å². The molecule has 22 heavy (non-hydrogen) atoms. The van der Waals surface area contributed by atoms with Gasteiger partial charge in [-0.1, -0.05) is 28.1 Å². The SMILES string of the molecule is O=C(O)C1(O)CCN(C(=O)C2(c3cccc(Br)c3)CC2)CC1. The van der Waals surface area contributed by atoms with Crippen LogP contribution in [0.2, 0.25) is 0 Å². The number of benzene rings is 1. The van der Waals surface area contributed by atoms with Crippen molar-refractivity contribution in [3.8, 4) is 0 Å². The monoisotopic (exact) mass is 367 g/mol. The summed E-state index contributed by atoms with van der Waals surface area (Å²) in [4.78, 5) is 25.6. The largest absolute Gasteiger partial charge is 0.479 e. The fraction of sp³-hybridized carbons (Fsp3) is 0.500. The van der Waals surface area contributed by atoms with Gasteiger partial charge >= 0.3 is 5.97 Å². The number of nitrogens with zero attached hydrogens (tertiary/aromatic N) is 1. The number of aliphatic carboxylic acids is 1. The third-order valence-corrected chi connectivity index (χ3v) is 5.31. The number of carbonyl (C=O) groups excluding carboxylic acids is 1. The summed E-state index contributed by atoms with van der Waals surface area (Å²) in [6, 6.07) is 7.79. The van der Waals surface area contributed by atoms with Crippen molar-refractivity contribution >= 4 is 27.8 Å². The molecule has 2 N–H and O–H groups in total. The number of hydrogen-bond acceptors (Lipinski definition) is 3. The van der Waals surface area contributed by atoms with Gasteiger partial charge < -0.3 is 15.1 Å². The second kappa shape index (κ2) is 5.35. The highest BCUT2D eigenvalue weighted by Gasteiger charge is 2.54. The molecule has 0 bridgehead atoms. The van der Waals surface area contributed by atoms with Crippen molar-refractivity contribution in [2.24, 2.45) is 0 Å². The topological polar surface area (TPSA) is 77.8 Å². The maximum Gasteiger partial charge on any atom is 0.335 e. The molecule has 1 saturated heterocycles. The molecule has 5 nitrogen and oxygen atoms in total. The van der Waals surface area contributed by atoms with Crippen LogP contribution in [-0.2, 0) is 15.0 Å². The maximum absolute atomic E-state index is 12.9.